The third-order valence-electron chi connectivity index (χ3n) is 4.31. The van der Waals surface area contributed by atoms with Crippen molar-refractivity contribution in [2.75, 3.05) is 11.9 Å². The van der Waals surface area contributed by atoms with Gasteiger partial charge in [-0.05, 0) is 31.8 Å². The summed E-state index contributed by atoms with van der Waals surface area (Å²) in [6.45, 7) is 4.79. The van der Waals surface area contributed by atoms with E-state index in [1.807, 2.05) is 17.7 Å². The van der Waals surface area contributed by atoms with Gasteiger partial charge in [0.25, 0.3) is 5.91 Å². The summed E-state index contributed by atoms with van der Waals surface area (Å²) < 4.78 is 1.91. The Kier molecular flexibility index (Phi) is 4.65. The maximum absolute atomic E-state index is 12.8. The molecule has 3 rings (SSSR count). The van der Waals surface area contributed by atoms with Gasteiger partial charge in [-0.25, -0.2) is 4.68 Å². The average molecular weight is 312 g/mol. The topological polar surface area (TPSA) is 59.0 Å². The molecule has 1 aromatic rings. The second-order valence-electron chi connectivity index (χ2n) is 6.02. The zero-order valence-electron chi connectivity index (χ0n) is 13.8. The van der Waals surface area contributed by atoms with Crippen molar-refractivity contribution >= 4 is 11.7 Å². The summed E-state index contributed by atoms with van der Waals surface area (Å²) in [5.74, 6) is 0.923. The van der Waals surface area contributed by atoms with Crippen LogP contribution in [-0.4, -0.2) is 22.2 Å². The highest BCUT2D eigenvalue weighted by molar-refractivity contribution is 5.97. The highest BCUT2D eigenvalue weighted by atomic mass is 16.1. The summed E-state index contributed by atoms with van der Waals surface area (Å²) in [5, 5.41) is 10.8. The minimum atomic E-state index is -0.153. The van der Waals surface area contributed by atoms with Crippen molar-refractivity contribution in [3.63, 3.8) is 0 Å². The van der Waals surface area contributed by atoms with E-state index in [1.165, 1.54) is 0 Å². The number of allylic oxidation sites excluding steroid dienone is 5. The van der Waals surface area contributed by atoms with E-state index < -0.39 is 0 Å². The number of carbonyl (C=O) groups excluding carboxylic acids is 1. The Morgan fingerprint density at radius 1 is 1.48 bits per heavy atom. The van der Waals surface area contributed by atoms with E-state index in [0.717, 1.165) is 48.3 Å². The van der Waals surface area contributed by atoms with E-state index in [4.69, 9.17) is 0 Å². The normalized spacial score (nSPS) is 19.9. The number of unbranched alkanes of at least 4 members (excludes halogenated alkanes) is 1. The van der Waals surface area contributed by atoms with Crippen molar-refractivity contribution in [1.82, 2.24) is 15.1 Å². The van der Waals surface area contributed by atoms with Crippen molar-refractivity contribution in [3.05, 3.63) is 47.3 Å². The van der Waals surface area contributed by atoms with Gasteiger partial charge in [0, 0.05) is 18.3 Å². The first-order valence-electron chi connectivity index (χ1n) is 8.38. The first kappa shape index (κ1) is 15.6. The molecular weight excluding hydrogens is 288 g/mol. The predicted octanol–water partition coefficient (Wildman–Crippen LogP) is 3.32. The molecule has 5 heteroatoms. The quantitative estimate of drug-likeness (QED) is 0.820. The maximum atomic E-state index is 12.8. The molecule has 1 aliphatic heterocycles. The van der Waals surface area contributed by atoms with Gasteiger partial charge in [0.1, 0.15) is 11.9 Å². The van der Waals surface area contributed by atoms with Gasteiger partial charge < -0.3 is 10.6 Å². The number of nitrogens with zero attached hydrogens (tertiary/aromatic N) is 2. The van der Waals surface area contributed by atoms with Crippen molar-refractivity contribution in [2.45, 2.75) is 45.6 Å². The van der Waals surface area contributed by atoms with E-state index in [2.05, 4.69) is 40.9 Å². The number of amides is 1. The third-order valence-corrected chi connectivity index (χ3v) is 4.31. The van der Waals surface area contributed by atoms with E-state index in [9.17, 15) is 4.79 Å². The van der Waals surface area contributed by atoms with Crippen LogP contribution in [0.2, 0.25) is 0 Å². The molecule has 1 aliphatic carbocycles. The number of fused-ring (bicyclic) bond motifs is 1. The van der Waals surface area contributed by atoms with Crippen molar-refractivity contribution in [1.29, 1.82) is 0 Å². The van der Waals surface area contributed by atoms with Crippen molar-refractivity contribution in [3.8, 4) is 0 Å². The molecule has 0 bridgehead atoms. The summed E-state index contributed by atoms with van der Waals surface area (Å²) in [7, 11) is 0. The molecule has 0 radical (unpaired) electrons. The molecule has 0 spiro atoms. The van der Waals surface area contributed by atoms with Crippen LogP contribution in [0.25, 0.3) is 0 Å². The second-order valence-corrected chi connectivity index (χ2v) is 6.02. The highest BCUT2D eigenvalue weighted by Crippen LogP contribution is 2.37. The van der Waals surface area contributed by atoms with E-state index in [-0.39, 0.29) is 11.9 Å². The molecule has 2 heterocycles. The van der Waals surface area contributed by atoms with Crippen LogP contribution in [0.4, 0.5) is 5.82 Å². The van der Waals surface area contributed by atoms with Gasteiger partial charge in [0.15, 0.2) is 0 Å². The lowest BCUT2D eigenvalue weighted by Crippen LogP contribution is -2.35. The molecule has 0 saturated carbocycles. The molecule has 0 aromatic carbocycles. The number of anilines is 1. The van der Waals surface area contributed by atoms with Crippen LogP contribution < -0.4 is 10.6 Å². The van der Waals surface area contributed by atoms with E-state index in [1.54, 1.807) is 6.20 Å². The number of rotatable bonds is 5. The summed E-state index contributed by atoms with van der Waals surface area (Å²) in [4.78, 5) is 12.8. The van der Waals surface area contributed by atoms with Gasteiger partial charge in [0.2, 0.25) is 0 Å². The fourth-order valence-corrected chi connectivity index (χ4v) is 3.12. The predicted molar refractivity (Wildman–Crippen MR) is 92.0 cm³/mol. The molecule has 1 aromatic heterocycles. The van der Waals surface area contributed by atoms with Crippen LogP contribution in [0, 0.1) is 0 Å². The molecule has 0 saturated heterocycles. The first-order valence-corrected chi connectivity index (χ1v) is 8.38. The average Bonchev–Trinajstić information content (AvgIpc) is 3.02. The fourth-order valence-electron chi connectivity index (χ4n) is 3.12. The number of nitrogens with one attached hydrogen (secondary N) is 2. The first-order chi connectivity index (χ1) is 11.2. The van der Waals surface area contributed by atoms with Gasteiger partial charge >= 0.3 is 0 Å². The molecule has 1 atom stereocenters. The number of carbonyl (C=O) groups is 1. The van der Waals surface area contributed by atoms with Crippen LogP contribution in [0.15, 0.2) is 47.3 Å². The molecule has 2 aliphatic rings. The van der Waals surface area contributed by atoms with Crippen LogP contribution in [0.5, 0.6) is 0 Å². The molecule has 1 unspecified atom stereocenters. The highest BCUT2D eigenvalue weighted by Gasteiger charge is 2.33. The zero-order chi connectivity index (χ0) is 16.2. The molecular formula is C18H24N4O. The Bertz CT molecular complexity index is 681. The van der Waals surface area contributed by atoms with Crippen LogP contribution in [-0.2, 0) is 4.79 Å². The van der Waals surface area contributed by atoms with Gasteiger partial charge in [-0.3, -0.25) is 4.79 Å². The van der Waals surface area contributed by atoms with Crippen molar-refractivity contribution < 1.29 is 4.79 Å². The molecule has 122 valence electrons. The Morgan fingerprint density at radius 2 is 2.35 bits per heavy atom. The van der Waals surface area contributed by atoms with Gasteiger partial charge in [-0.2, -0.15) is 5.10 Å². The third kappa shape index (κ3) is 3.09. The SMILES string of the molecule is CCCCNC(=O)C1=C(C)Nc2ccnn2C1C1=CCCC=C1. The van der Waals surface area contributed by atoms with Gasteiger partial charge in [-0.1, -0.05) is 31.6 Å². The minimum absolute atomic E-state index is 0.00512. The van der Waals surface area contributed by atoms with E-state index in [0.29, 0.717) is 6.54 Å². The molecule has 5 nitrogen and oxygen atoms in total. The van der Waals surface area contributed by atoms with Crippen LogP contribution in [0.3, 0.4) is 0 Å². The molecule has 23 heavy (non-hydrogen) atoms. The maximum Gasteiger partial charge on any atom is 0.251 e. The van der Waals surface area contributed by atoms with Crippen LogP contribution >= 0.6 is 0 Å². The standard InChI is InChI=1S/C18H24N4O/c1-3-4-11-19-18(23)16-13(2)21-15-10-12-20-22(15)17(16)14-8-6-5-7-9-14/h6,8-10,12,17,21H,3-5,7,11H2,1-2H3,(H,19,23). The second kappa shape index (κ2) is 6.86. The number of aromatic nitrogens is 2. The summed E-state index contributed by atoms with van der Waals surface area (Å²) in [6.07, 6.45) is 12.4. The Hall–Kier alpha value is -2.30. The summed E-state index contributed by atoms with van der Waals surface area (Å²) in [6, 6.07) is 1.79. The van der Waals surface area contributed by atoms with Gasteiger partial charge in [-0.15, -0.1) is 0 Å². The molecule has 1 amide bonds. The number of hydrogen-bond acceptors (Lipinski definition) is 3. The Labute approximate surface area is 137 Å². The Balaban J connectivity index is 1.95. The summed E-state index contributed by atoms with van der Waals surface area (Å²) >= 11 is 0. The molecule has 2 N–H and O–H groups in total. The summed E-state index contributed by atoms with van der Waals surface area (Å²) in [5.41, 5.74) is 2.80. The molecule has 0 fully saturated rings. The van der Waals surface area contributed by atoms with Crippen molar-refractivity contribution in [2.24, 2.45) is 0 Å². The minimum Gasteiger partial charge on any atom is -0.352 e. The lowest BCUT2D eigenvalue weighted by molar-refractivity contribution is -0.118. The van der Waals surface area contributed by atoms with Gasteiger partial charge in [0.05, 0.1) is 11.8 Å². The fraction of sp³-hybridized carbons (Fsp3) is 0.444. The van der Waals surface area contributed by atoms with E-state index >= 15 is 0 Å². The Morgan fingerprint density at radius 3 is 3.09 bits per heavy atom. The zero-order valence-corrected chi connectivity index (χ0v) is 13.8. The smallest absolute Gasteiger partial charge is 0.251 e. The lowest BCUT2D eigenvalue weighted by Gasteiger charge is -2.31. The van der Waals surface area contributed by atoms with Crippen LogP contribution in [0.1, 0.15) is 45.6 Å². The monoisotopic (exact) mass is 312 g/mol. The largest absolute Gasteiger partial charge is 0.352 e. The number of hydrogen-bond donors (Lipinski definition) is 2. The lowest BCUT2D eigenvalue weighted by atomic mass is 9.91.